The molecular weight excluding hydrogens is 222 g/mol. The van der Waals surface area contributed by atoms with Crippen LogP contribution < -0.4 is 5.56 Å². The van der Waals surface area contributed by atoms with Crippen molar-refractivity contribution >= 4 is 23.3 Å². The Balaban J connectivity index is 2.53. The van der Waals surface area contributed by atoms with Crippen LogP contribution in [0.15, 0.2) is 17.1 Å². The lowest BCUT2D eigenvalue weighted by Gasteiger charge is -2.01. The predicted octanol–water partition coefficient (Wildman–Crippen LogP) is 2.32. The zero-order valence-corrected chi connectivity index (χ0v) is 9.86. The molecule has 0 aliphatic rings. The van der Waals surface area contributed by atoms with Gasteiger partial charge in [0, 0.05) is 6.20 Å². The van der Waals surface area contributed by atoms with Gasteiger partial charge in [-0.3, -0.25) is 9.78 Å². The van der Waals surface area contributed by atoms with E-state index < -0.39 is 0 Å². The fourth-order valence-corrected chi connectivity index (χ4v) is 1.80. The standard InChI is InChI=1S/C11H13N3OS/c1-2-3-4-7-5-8-9(12-6-7)13-11(16)14-10(8)15/h5-6H,2-4H2,1H3,(H2,12,13,14,15,16). The topological polar surface area (TPSA) is 61.5 Å². The van der Waals surface area contributed by atoms with Gasteiger partial charge in [0.15, 0.2) is 4.77 Å². The van der Waals surface area contributed by atoms with Gasteiger partial charge < -0.3 is 4.98 Å². The largest absolute Gasteiger partial charge is 0.316 e. The van der Waals surface area contributed by atoms with Crippen LogP contribution >= 0.6 is 12.2 Å². The minimum atomic E-state index is -0.176. The molecule has 16 heavy (non-hydrogen) atoms. The highest BCUT2D eigenvalue weighted by Crippen LogP contribution is 2.09. The quantitative estimate of drug-likeness (QED) is 0.803. The van der Waals surface area contributed by atoms with Gasteiger partial charge >= 0.3 is 0 Å². The van der Waals surface area contributed by atoms with Crippen molar-refractivity contribution in [3.63, 3.8) is 0 Å². The number of nitrogens with one attached hydrogen (secondary N) is 2. The summed E-state index contributed by atoms with van der Waals surface area (Å²) in [5, 5.41) is 0.571. The minimum absolute atomic E-state index is 0.176. The second kappa shape index (κ2) is 4.57. The molecule has 0 aromatic carbocycles. The van der Waals surface area contributed by atoms with Crippen LogP contribution in [-0.4, -0.2) is 15.0 Å². The van der Waals surface area contributed by atoms with Crippen molar-refractivity contribution in [1.82, 2.24) is 15.0 Å². The first-order valence-electron chi connectivity index (χ1n) is 5.32. The lowest BCUT2D eigenvalue weighted by molar-refractivity contribution is 0.793. The Morgan fingerprint density at radius 3 is 3.00 bits per heavy atom. The molecule has 0 unspecified atom stereocenters. The molecule has 2 N–H and O–H groups in total. The van der Waals surface area contributed by atoms with E-state index in [-0.39, 0.29) is 5.56 Å². The summed E-state index contributed by atoms with van der Waals surface area (Å²) in [5.41, 5.74) is 1.46. The van der Waals surface area contributed by atoms with Gasteiger partial charge in [-0.2, -0.15) is 0 Å². The van der Waals surface area contributed by atoms with Crippen molar-refractivity contribution in [2.24, 2.45) is 0 Å². The monoisotopic (exact) mass is 235 g/mol. The van der Waals surface area contributed by atoms with Crippen molar-refractivity contribution in [3.8, 4) is 0 Å². The van der Waals surface area contributed by atoms with Crippen LogP contribution in [0, 0.1) is 4.77 Å². The molecule has 4 nitrogen and oxygen atoms in total. The zero-order chi connectivity index (χ0) is 11.5. The minimum Gasteiger partial charge on any atom is -0.316 e. The second-order valence-corrected chi connectivity index (χ2v) is 4.16. The average molecular weight is 235 g/mol. The number of pyridine rings is 1. The number of aromatic nitrogens is 3. The summed E-state index contributed by atoms with van der Waals surface area (Å²) in [6.45, 7) is 2.14. The van der Waals surface area contributed by atoms with Gasteiger partial charge in [-0.15, -0.1) is 0 Å². The number of aromatic amines is 2. The average Bonchev–Trinajstić information content (AvgIpc) is 2.26. The van der Waals surface area contributed by atoms with Gasteiger partial charge in [-0.25, -0.2) is 4.98 Å². The summed E-state index contributed by atoms with van der Waals surface area (Å²) in [7, 11) is 0. The molecule has 2 aromatic rings. The van der Waals surface area contributed by atoms with Gasteiger partial charge in [0.2, 0.25) is 0 Å². The smallest absolute Gasteiger partial charge is 0.261 e. The fraction of sp³-hybridized carbons (Fsp3) is 0.364. The summed E-state index contributed by atoms with van der Waals surface area (Å²) >= 11 is 4.88. The van der Waals surface area contributed by atoms with Crippen LogP contribution in [0.5, 0.6) is 0 Å². The first-order valence-corrected chi connectivity index (χ1v) is 5.72. The molecule has 0 saturated carbocycles. The molecule has 0 amide bonds. The van der Waals surface area contributed by atoms with Gasteiger partial charge in [0.05, 0.1) is 5.39 Å². The number of hydrogen-bond acceptors (Lipinski definition) is 3. The molecule has 84 valence electrons. The first-order chi connectivity index (χ1) is 7.70. The Morgan fingerprint density at radius 1 is 1.44 bits per heavy atom. The van der Waals surface area contributed by atoms with E-state index in [0.29, 0.717) is 15.8 Å². The van der Waals surface area contributed by atoms with E-state index in [1.807, 2.05) is 6.07 Å². The van der Waals surface area contributed by atoms with Crippen molar-refractivity contribution in [1.29, 1.82) is 0 Å². The number of hydrogen-bond donors (Lipinski definition) is 2. The van der Waals surface area contributed by atoms with E-state index in [4.69, 9.17) is 12.2 Å². The van der Waals surface area contributed by atoms with E-state index in [1.54, 1.807) is 6.20 Å². The molecule has 0 spiro atoms. The number of unbranched alkanes of at least 4 members (excludes halogenated alkanes) is 1. The molecule has 0 atom stereocenters. The summed E-state index contributed by atoms with van der Waals surface area (Å²) in [6.07, 6.45) is 4.98. The van der Waals surface area contributed by atoms with E-state index in [1.165, 1.54) is 0 Å². The molecule has 5 heteroatoms. The van der Waals surface area contributed by atoms with Gasteiger partial charge in [0.25, 0.3) is 5.56 Å². The number of nitrogens with zero attached hydrogens (tertiary/aromatic N) is 1. The SMILES string of the molecule is CCCCc1cnc2[nH]c(=S)[nH]c(=O)c2c1. The maximum atomic E-state index is 11.6. The number of H-pyrrole nitrogens is 2. The van der Waals surface area contributed by atoms with Crippen molar-refractivity contribution < 1.29 is 0 Å². The highest BCUT2D eigenvalue weighted by Gasteiger charge is 2.02. The lowest BCUT2D eigenvalue weighted by Crippen LogP contribution is -2.09. The molecule has 2 heterocycles. The van der Waals surface area contributed by atoms with E-state index >= 15 is 0 Å². The highest BCUT2D eigenvalue weighted by atomic mass is 32.1. The second-order valence-electron chi connectivity index (χ2n) is 3.75. The highest BCUT2D eigenvalue weighted by molar-refractivity contribution is 7.71. The number of fused-ring (bicyclic) bond motifs is 1. The molecule has 0 radical (unpaired) electrons. The van der Waals surface area contributed by atoms with Crippen LogP contribution in [0.4, 0.5) is 0 Å². The molecule has 2 aromatic heterocycles. The Kier molecular flexibility index (Phi) is 3.14. The van der Waals surface area contributed by atoms with Crippen LogP contribution in [0.2, 0.25) is 0 Å². The van der Waals surface area contributed by atoms with Crippen LogP contribution in [-0.2, 0) is 6.42 Å². The maximum Gasteiger partial charge on any atom is 0.261 e. The molecular formula is C11H13N3OS. The van der Waals surface area contributed by atoms with Crippen LogP contribution in [0.1, 0.15) is 25.3 Å². The number of aryl methyl sites for hydroxylation is 1. The predicted molar refractivity (Wildman–Crippen MR) is 66.2 cm³/mol. The Hall–Kier alpha value is -1.49. The normalized spacial score (nSPS) is 10.8. The van der Waals surface area contributed by atoms with Crippen LogP contribution in [0.3, 0.4) is 0 Å². The van der Waals surface area contributed by atoms with Gasteiger partial charge in [0.1, 0.15) is 5.65 Å². The molecule has 0 bridgehead atoms. The molecule has 0 aliphatic carbocycles. The van der Waals surface area contributed by atoms with E-state index in [2.05, 4.69) is 21.9 Å². The maximum absolute atomic E-state index is 11.6. The zero-order valence-electron chi connectivity index (χ0n) is 9.04. The van der Waals surface area contributed by atoms with Gasteiger partial charge in [-0.05, 0) is 36.7 Å². The third-order valence-electron chi connectivity index (χ3n) is 2.47. The summed E-state index contributed by atoms with van der Waals surface area (Å²) < 4.78 is 0.311. The third-order valence-corrected chi connectivity index (χ3v) is 2.67. The molecule has 0 fully saturated rings. The molecule has 0 saturated heterocycles. The van der Waals surface area contributed by atoms with Gasteiger partial charge in [-0.1, -0.05) is 13.3 Å². The van der Waals surface area contributed by atoms with E-state index in [9.17, 15) is 4.79 Å². The lowest BCUT2D eigenvalue weighted by atomic mass is 10.1. The van der Waals surface area contributed by atoms with E-state index in [0.717, 1.165) is 24.8 Å². The number of rotatable bonds is 3. The van der Waals surface area contributed by atoms with Crippen molar-refractivity contribution in [2.75, 3.05) is 0 Å². The molecule has 2 rings (SSSR count). The Morgan fingerprint density at radius 2 is 2.25 bits per heavy atom. The Labute approximate surface area is 97.8 Å². The summed E-state index contributed by atoms with van der Waals surface area (Å²) in [6, 6.07) is 1.88. The third kappa shape index (κ3) is 2.19. The van der Waals surface area contributed by atoms with Crippen molar-refractivity contribution in [3.05, 3.63) is 33.0 Å². The first kappa shape index (κ1) is 11.0. The molecule has 0 aliphatic heterocycles. The van der Waals surface area contributed by atoms with Crippen LogP contribution in [0.25, 0.3) is 11.0 Å². The summed E-state index contributed by atoms with van der Waals surface area (Å²) in [5.74, 6) is 0. The van der Waals surface area contributed by atoms with Crippen molar-refractivity contribution in [2.45, 2.75) is 26.2 Å². The summed E-state index contributed by atoms with van der Waals surface area (Å²) in [4.78, 5) is 21.3. The fourth-order valence-electron chi connectivity index (χ4n) is 1.61. The Bertz CT molecular complexity index is 614.